The van der Waals surface area contributed by atoms with E-state index in [1.165, 1.54) is 19.9 Å². The number of nitriles is 1. The van der Waals surface area contributed by atoms with Crippen LogP contribution in [-0.2, 0) is 10.0 Å². The van der Waals surface area contributed by atoms with E-state index >= 15 is 0 Å². The van der Waals surface area contributed by atoms with Crippen molar-refractivity contribution in [1.82, 2.24) is 9.71 Å². The van der Waals surface area contributed by atoms with Crippen molar-refractivity contribution in [2.45, 2.75) is 24.3 Å². The number of nitrogens with one attached hydrogen (secondary N) is 1. The molecular formula is C9H9Cl2N3O2S. The molecule has 0 saturated heterocycles. The summed E-state index contributed by atoms with van der Waals surface area (Å²) in [5.74, 6) is 0. The second-order valence-corrected chi connectivity index (χ2v) is 6.23. The first-order valence-corrected chi connectivity index (χ1v) is 6.68. The Bertz CT molecular complexity index is 578. The minimum atomic E-state index is -3.85. The van der Waals surface area contributed by atoms with Gasteiger partial charge in [-0.3, -0.25) is 0 Å². The maximum atomic E-state index is 11.9. The maximum Gasteiger partial charge on any atom is 0.243 e. The third-order valence-electron chi connectivity index (χ3n) is 1.75. The molecule has 0 fully saturated rings. The molecule has 0 atom stereocenters. The van der Waals surface area contributed by atoms with Crippen LogP contribution in [-0.4, -0.2) is 18.9 Å². The number of hydrogen-bond acceptors (Lipinski definition) is 4. The summed E-state index contributed by atoms with van der Waals surface area (Å²) >= 11 is 11.3. The third kappa shape index (κ3) is 3.54. The Labute approximate surface area is 109 Å². The number of nitrogens with zero attached hydrogens (tertiary/aromatic N) is 2. The van der Waals surface area contributed by atoms with E-state index in [9.17, 15) is 8.42 Å². The van der Waals surface area contributed by atoms with Gasteiger partial charge in [0.25, 0.3) is 0 Å². The Morgan fingerprint density at radius 1 is 1.47 bits per heavy atom. The predicted octanol–water partition coefficient (Wildman–Crippen LogP) is 1.97. The van der Waals surface area contributed by atoms with Gasteiger partial charge in [0.1, 0.15) is 15.6 Å². The van der Waals surface area contributed by atoms with Crippen LogP contribution >= 0.6 is 23.2 Å². The normalized spacial score (nSPS) is 12.2. The predicted molar refractivity (Wildman–Crippen MR) is 64.3 cm³/mol. The molecule has 5 nitrogen and oxygen atoms in total. The van der Waals surface area contributed by atoms with Crippen LogP contribution in [0, 0.1) is 11.3 Å². The Morgan fingerprint density at radius 3 is 2.53 bits per heavy atom. The van der Waals surface area contributed by atoms with E-state index in [-0.39, 0.29) is 15.1 Å². The van der Waals surface area contributed by atoms with Gasteiger partial charge in [0.05, 0.1) is 11.1 Å². The number of pyridine rings is 1. The van der Waals surface area contributed by atoms with E-state index in [0.29, 0.717) is 0 Å². The SMILES string of the molecule is CC(C)(C#N)NS(=O)(=O)c1cnc(Cl)c(Cl)c1. The van der Waals surface area contributed by atoms with Crippen molar-refractivity contribution in [2.24, 2.45) is 0 Å². The molecule has 92 valence electrons. The highest BCUT2D eigenvalue weighted by Crippen LogP contribution is 2.22. The molecule has 0 radical (unpaired) electrons. The van der Waals surface area contributed by atoms with Gasteiger partial charge in [0.2, 0.25) is 10.0 Å². The van der Waals surface area contributed by atoms with Crippen LogP contribution in [0.4, 0.5) is 0 Å². The molecular weight excluding hydrogens is 285 g/mol. The van der Waals surface area contributed by atoms with E-state index in [4.69, 9.17) is 28.5 Å². The first-order valence-electron chi connectivity index (χ1n) is 4.44. The summed E-state index contributed by atoms with van der Waals surface area (Å²) in [4.78, 5) is 3.49. The van der Waals surface area contributed by atoms with Crippen LogP contribution in [0.15, 0.2) is 17.2 Å². The quantitative estimate of drug-likeness (QED) is 0.864. The van der Waals surface area contributed by atoms with Crippen molar-refractivity contribution in [3.05, 3.63) is 22.4 Å². The first kappa shape index (κ1) is 14.2. The molecule has 0 saturated carbocycles. The highest BCUT2D eigenvalue weighted by molar-refractivity contribution is 7.89. The van der Waals surface area contributed by atoms with Gasteiger partial charge >= 0.3 is 0 Å². The Morgan fingerprint density at radius 2 is 2.06 bits per heavy atom. The molecule has 17 heavy (non-hydrogen) atoms. The monoisotopic (exact) mass is 293 g/mol. The topological polar surface area (TPSA) is 82.9 Å². The summed E-state index contributed by atoms with van der Waals surface area (Å²) in [7, 11) is -3.85. The van der Waals surface area contributed by atoms with Crippen molar-refractivity contribution in [2.75, 3.05) is 0 Å². The Balaban J connectivity index is 3.16. The van der Waals surface area contributed by atoms with E-state index in [2.05, 4.69) is 9.71 Å². The van der Waals surface area contributed by atoms with Gasteiger partial charge in [-0.1, -0.05) is 23.2 Å². The fourth-order valence-electron chi connectivity index (χ4n) is 0.968. The largest absolute Gasteiger partial charge is 0.243 e. The van der Waals surface area contributed by atoms with E-state index in [1.54, 1.807) is 0 Å². The van der Waals surface area contributed by atoms with Gasteiger partial charge in [0.15, 0.2) is 0 Å². The lowest BCUT2D eigenvalue weighted by molar-refractivity contribution is 0.535. The zero-order valence-corrected chi connectivity index (χ0v) is 11.4. The van der Waals surface area contributed by atoms with E-state index in [1.807, 2.05) is 6.07 Å². The number of rotatable bonds is 3. The smallest absolute Gasteiger partial charge is 0.242 e. The zero-order chi connectivity index (χ0) is 13.3. The molecule has 0 unspecified atom stereocenters. The van der Waals surface area contributed by atoms with Gasteiger partial charge in [-0.2, -0.15) is 9.98 Å². The summed E-state index contributed by atoms with van der Waals surface area (Å²) in [6.07, 6.45) is 1.07. The van der Waals surface area contributed by atoms with Crippen LogP contribution in [0.25, 0.3) is 0 Å². The van der Waals surface area contributed by atoms with Crippen molar-refractivity contribution in [3.8, 4) is 6.07 Å². The average molecular weight is 294 g/mol. The summed E-state index contributed by atoms with van der Waals surface area (Å²) in [6.45, 7) is 2.88. The molecule has 1 aromatic rings. The minimum Gasteiger partial charge on any atom is -0.242 e. The number of halogens is 2. The molecule has 0 aromatic carbocycles. The van der Waals surface area contributed by atoms with Crippen LogP contribution in [0.3, 0.4) is 0 Å². The summed E-state index contributed by atoms with van der Waals surface area (Å²) < 4.78 is 25.9. The molecule has 1 rings (SSSR count). The Hall–Kier alpha value is -0.870. The van der Waals surface area contributed by atoms with Gasteiger partial charge in [-0.15, -0.1) is 0 Å². The van der Waals surface area contributed by atoms with Gasteiger partial charge in [-0.25, -0.2) is 13.4 Å². The first-order chi connectivity index (χ1) is 7.68. The van der Waals surface area contributed by atoms with Crippen molar-refractivity contribution in [1.29, 1.82) is 5.26 Å². The lowest BCUT2D eigenvalue weighted by atomic mass is 10.1. The molecule has 1 N–H and O–H groups in total. The van der Waals surface area contributed by atoms with Crippen molar-refractivity contribution < 1.29 is 8.42 Å². The lowest BCUT2D eigenvalue weighted by Crippen LogP contribution is -2.41. The summed E-state index contributed by atoms with van der Waals surface area (Å²) in [6, 6.07) is 3.00. The highest BCUT2D eigenvalue weighted by Gasteiger charge is 2.26. The Kier molecular flexibility index (Phi) is 3.99. The second-order valence-electron chi connectivity index (χ2n) is 3.79. The number of sulfonamides is 1. The maximum absolute atomic E-state index is 11.9. The van der Waals surface area contributed by atoms with Crippen molar-refractivity contribution in [3.63, 3.8) is 0 Å². The summed E-state index contributed by atoms with van der Waals surface area (Å²) in [5.41, 5.74) is -1.22. The molecule has 0 amide bonds. The fourth-order valence-corrected chi connectivity index (χ4v) is 2.60. The zero-order valence-electron chi connectivity index (χ0n) is 9.03. The molecule has 0 spiro atoms. The molecule has 1 aromatic heterocycles. The van der Waals surface area contributed by atoms with Crippen LogP contribution in [0.5, 0.6) is 0 Å². The fraction of sp³-hybridized carbons (Fsp3) is 0.333. The highest BCUT2D eigenvalue weighted by atomic mass is 35.5. The van der Waals surface area contributed by atoms with Gasteiger partial charge in [0, 0.05) is 6.20 Å². The molecule has 0 aliphatic heterocycles. The molecule has 8 heteroatoms. The molecule has 0 bridgehead atoms. The van der Waals surface area contributed by atoms with Crippen LogP contribution in [0.1, 0.15) is 13.8 Å². The molecule has 1 heterocycles. The number of hydrogen-bond donors (Lipinski definition) is 1. The van der Waals surface area contributed by atoms with E-state index < -0.39 is 15.6 Å². The third-order valence-corrected chi connectivity index (χ3v) is 4.06. The second kappa shape index (κ2) is 4.78. The summed E-state index contributed by atoms with van der Waals surface area (Å²) in [5, 5.41) is 8.81. The van der Waals surface area contributed by atoms with Gasteiger partial charge < -0.3 is 0 Å². The lowest BCUT2D eigenvalue weighted by Gasteiger charge is -2.17. The minimum absolute atomic E-state index is 0.0187. The molecule has 0 aliphatic rings. The van der Waals surface area contributed by atoms with E-state index in [0.717, 1.165) is 6.20 Å². The molecule has 0 aliphatic carbocycles. The number of aromatic nitrogens is 1. The van der Waals surface area contributed by atoms with Crippen LogP contribution in [0.2, 0.25) is 10.2 Å². The van der Waals surface area contributed by atoms with Gasteiger partial charge in [-0.05, 0) is 19.9 Å². The average Bonchev–Trinajstić information content (AvgIpc) is 2.20. The van der Waals surface area contributed by atoms with Crippen LogP contribution < -0.4 is 4.72 Å². The standard InChI is InChI=1S/C9H9Cl2N3O2S/c1-9(2,5-12)14-17(15,16)6-3-7(10)8(11)13-4-6/h3-4,14H,1-2H3. The van der Waals surface area contributed by atoms with Crippen molar-refractivity contribution >= 4 is 33.2 Å².